The summed E-state index contributed by atoms with van der Waals surface area (Å²) >= 11 is 5.54. The zero-order valence-electron chi connectivity index (χ0n) is 7.39. The summed E-state index contributed by atoms with van der Waals surface area (Å²) in [5.41, 5.74) is 0.449. The van der Waals surface area contributed by atoms with Crippen molar-refractivity contribution in [3.05, 3.63) is 28.0 Å². The fourth-order valence-corrected chi connectivity index (χ4v) is 1.43. The number of hydrogen-bond donors (Lipinski definition) is 0. The molecule has 14 heavy (non-hydrogen) atoms. The lowest BCUT2D eigenvalue weighted by molar-refractivity contribution is 0.145. The molecular weight excluding hydrogens is 210 g/mol. The van der Waals surface area contributed by atoms with Crippen molar-refractivity contribution < 1.29 is 8.78 Å². The highest BCUT2D eigenvalue weighted by Gasteiger charge is 2.17. The van der Waals surface area contributed by atoms with Gasteiger partial charge in [0.1, 0.15) is 10.8 Å². The van der Waals surface area contributed by atoms with Gasteiger partial charge in [-0.25, -0.2) is 13.8 Å². The maximum atomic E-state index is 12.5. The Kier molecular flexibility index (Phi) is 3.37. The van der Waals surface area contributed by atoms with E-state index in [-0.39, 0.29) is 17.1 Å². The van der Waals surface area contributed by atoms with Crippen LogP contribution in [0.1, 0.15) is 23.2 Å². The van der Waals surface area contributed by atoms with E-state index in [1.54, 1.807) is 6.92 Å². The Morgan fingerprint density at radius 3 is 2.79 bits per heavy atom. The van der Waals surface area contributed by atoms with Crippen molar-refractivity contribution >= 4 is 11.6 Å². The van der Waals surface area contributed by atoms with Crippen LogP contribution in [-0.4, -0.2) is 4.98 Å². The minimum Gasteiger partial charge on any atom is -0.235 e. The van der Waals surface area contributed by atoms with Gasteiger partial charge in [0.05, 0.1) is 12.5 Å². The van der Waals surface area contributed by atoms with Crippen LogP contribution in [0.15, 0.2) is 6.07 Å². The standard InChI is InChI=1S/C9H7ClF2N2/c1-5-4-7(10)14-8(9(11)12)6(5)2-3-13/h4,9H,2H2,1H3. The molecule has 0 atom stereocenters. The summed E-state index contributed by atoms with van der Waals surface area (Å²) in [6.45, 7) is 1.63. The number of hydrogen-bond acceptors (Lipinski definition) is 2. The molecule has 0 radical (unpaired) electrons. The van der Waals surface area contributed by atoms with Crippen molar-refractivity contribution in [3.63, 3.8) is 0 Å². The number of rotatable bonds is 2. The number of halogens is 3. The topological polar surface area (TPSA) is 36.7 Å². The second-order valence-electron chi connectivity index (χ2n) is 2.76. The molecule has 0 spiro atoms. The Balaban J connectivity index is 3.30. The molecule has 2 nitrogen and oxygen atoms in total. The molecule has 0 aliphatic rings. The minimum atomic E-state index is -2.70. The molecule has 1 heterocycles. The number of nitrogens with zero attached hydrogens (tertiary/aromatic N) is 2. The van der Waals surface area contributed by atoms with Crippen LogP contribution in [-0.2, 0) is 6.42 Å². The summed E-state index contributed by atoms with van der Waals surface area (Å²) in [4.78, 5) is 3.52. The molecule has 0 fully saturated rings. The fourth-order valence-electron chi connectivity index (χ4n) is 1.17. The van der Waals surface area contributed by atoms with Crippen molar-refractivity contribution in [1.29, 1.82) is 5.26 Å². The Morgan fingerprint density at radius 2 is 2.29 bits per heavy atom. The van der Waals surface area contributed by atoms with Crippen LogP contribution in [0.4, 0.5) is 8.78 Å². The lowest BCUT2D eigenvalue weighted by Crippen LogP contribution is -2.01. The highest BCUT2D eigenvalue weighted by Crippen LogP contribution is 2.25. The largest absolute Gasteiger partial charge is 0.280 e. The molecule has 0 aliphatic heterocycles. The zero-order chi connectivity index (χ0) is 10.7. The molecule has 0 aliphatic carbocycles. The number of aromatic nitrogens is 1. The first-order valence-electron chi connectivity index (χ1n) is 3.87. The van der Waals surface area contributed by atoms with Crippen LogP contribution in [0, 0.1) is 18.3 Å². The van der Waals surface area contributed by atoms with Gasteiger partial charge in [0.15, 0.2) is 0 Å². The summed E-state index contributed by atoms with van der Waals surface area (Å²) in [7, 11) is 0. The molecule has 74 valence electrons. The number of alkyl halides is 2. The SMILES string of the molecule is Cc1cc(Cl)nc(C(F)F)c1CC#N. The van der Waals surface area contributed by atoms with Crippen LogP contribution in [0.25, 0.3) is 0 Å². The quantitative estimate of drug-likeness (QED) is 0.713. The summed E-state index contributed by atoms with van der Waals surface area (Å²) in [6, 6.07) is 3.30. The summed E-state index contributed by atoms with van der Waals surface area (Å²) in [5, 5.41) is 8.49. The van der Waals surface area contributed by atoms with Gasteiger partial charge in [0.25, 0.3) is 6.43 Å². The predicted octanol–water partition coefficient (Wildman–Crippen LogP) is 3.05. The molecule has 1 aromatic heterocycles. The Hall–Kier alpha value is -1.21. The van der Waals surface area contributed by atoms with Gasteiger partial charge in [-0.3, -0.25) is 0 Å². The van der Waals surface area contributed by atoms with Crippen molar-refractivity contribution in [2.45, 2.75) is 19.8 Å². The van der Waals surface area contributed by atoms with Crippen LogP contribution in [0.3, 0.4) is 0 Å². The van der Waals surface area contributed by atoms with Gasteiger partial charge < -0.3 is 0 Å². The van der Waals surface area contributed by atoms with E-state index < -0.39 is 12.1 Å². The molecule has 0 bridgehead atoms. The fraction of sp³-hybridized carbons (Fsp3) is 0.333. The Bertz CT molecular complexity index is 385. The van der Waals surface area contributed by atoms with Gasteiger partial charge in [0.2, 0.25) is 0 Å². The minimum absolute atomic E-state index is 0.0273. The summed E-state index contributed by atoms with van der Waals surface area (Å²) in [6.07, 6.45) is -2.77. The van der Waals surface area contributed by atoms with Crippen molar-refractivity contribution in [3.8, 4) is 6.07 Å². The monoisotopic (exact) mass is 216 g/mol. The van der Waals surface area contributed by atoms with E-state index >= 15 is 0 Å². The molecule has 0 aromatic carbocycles. The third-order valence-corrected chi connectivity index (χ3v) is 2.00. The Labute approximate surface area is 85.1 Å². The Morgan fingerprint density at radius 1 is 1.64 bits per heavy atom. The average Bonchev–Trinajstić information content (AvgIpc) is 2.09. The van der Waals surface area contributed by atoms with E-state index in [0.717, 1.165) is 0 Å². The number of nitriles is 1. The third-order valence-electron chi connectivity index (χ3n) is 1.81. The normalized spacial score (nSPS) is 10.3. The molecule has 1 aromatic rings. The molecule has 0 amide bonds. The second-order valence-corrected chi connectivity index (χ2v) is 3.15. The summed E-state index contributed by atoms with van der Waals surface area (Å²) in [5.74, 6) is 0. The van der Waals surface area contributed by atoms with E-state index in [4.69, 9.17) is 16.9 Å². The van der Waals surface area contributed by atoms with Gasteiger partial charge in [-0.2, -0.15) is 5.26 Å². The van der Waals surface area contributed by atoms with Crippen LogP contribution in [0.5, 0.6) is 0 Å². The first kappa shape index (κ1) is 10.9. The number of pyridine rings is 1. The molecule has 5 heteroatoms. The van der Waals surface area contributed by atoms with Crippen molar-refractivity contribution in [1.82, 2.24) is 4.98 Å². The van der Waals surface area contributed by atoms with Crippen LogP contribution >= 0.6 is 11.6 Å². The van der Waals surface area contributed by atoms with Crippen molar-refractivity contribution in [2.75, 3.05) is 0 Å². The molecular formula is C9H7ClF2N2. The first-order chi connectivity index (χ1) is 6.56. The van der Waals surface area contributed by atoms with Gasteiger partial charge >= 0.3 is 0 Å². The lowest BCUT2D eigenvalue weighted by atomic mass is 10.1. The molecule has 0 saturated carbocycles. The summed E-state index contributed by atoms with van der Waals surface area (Å²) < 4.78 is 25.0. The molecule has 1 rings (SSSR count). The smallest absolute Gasteiger partial charge is 0.235 e. The van der Waals surface area contributed by atoms with Crippen molar-refractivity contribution in [2.24, 2.45) is 0 Å². The van der Waals surface area contributed by atoms with Crippen LogP contribution in [0.2, 0.25) is 5.15 Å². The van der Waals surface area contributed by atoms with E-state index in [2.05, 4.69) is 4.98 Å². The average molecular weight is 217 g/mol. The highest BCUT2D eigenvalue weighted by molar-refractivity contribution is 6.29. The zero-order valence-corrected chi connectivity index (χ0v) is 8.15. The highest BCUT2D eigenvalue weighted by atomic mass is 35.5. The maximum absolute atomic E-state index is 12.5. The molecule has 0 saturated heterocycles. The van der Waals surface area contributed by atoms with Gasteiger partial charge in [0, 0.05) is 0 Å². The first-order valence-corrected chi connectivity index (χ1v) is 4.25. The number of aryl methyl sites for hydroxylation is 1. The van der Waals surface area contributed by atoms with Crippen LogP contribution < -0.4 is 0 Å². The second kappa shape index (κ2) is 4.34. The van der Waals surface area contributed by atoms with E-state index in [1.807, 2.05) is 6.07 Å². The molecule has 0 N–H and O–H groups in total. The third kappa shape index (κ3) is 2.18. The van der Waals surface area contributed by atoms with E-state index in [0.29, 0.717) is 5.56 Å². The van der Waals surface area contributed by atoms with E-state index in [9.17, 15) is 8.78 Å². The van der Waals surface area contributed by atoms with Gasteiger partial charge in [-0.1, -0.05) is 11.6 Å². The van der Waals surface area contributed by atoms with Gasteiger partial charge in [-0.05, 0) is 24.1 Å². The lowest BCUT2D eigenvalue weighted by Gasteiger charge is -2.08. The molecule has 0 unspecified atom stereocenters. The predicted molar refractivity (Wildman–Crippen MR) is 48.3 cm³/mol. The maximum Gasteiger partial charge on any atom is 0.280 e. The van der Waals surface area contributed by atoms with E-state index in [1.165, 1.54) is 6.07 Å². The van der Waals surface area contributed by atoms with Gasteiger partial charge in [-0.15, -0.1) is 0 Å².